The molecule has 0 aliphatic carbocycles. The van der Waals surface area contributed by atoms with E-state index in [0.29, 0.717) is 6.10 Å². The summed E-state index contributed by atoms with van der Waals surface area (Å²) in [5, 5.41) is 3.39. The van der Waals surface area contributed by atoms with E-state index in [1.54, 1.807) is 21.3 Å². The van der Waals surface area contributed by atoms with Gasteiger partial charge in [-0.2, -0.15) is 0 Å². The van der Waals surface area contributed by atoms with Gasteiger partial charge in [0.25, 0.3) is 0 Å². The van der Waals surface area contributed by atoms with Gasteiger partial charge in [0.05, 0.1) is 20.3 Å². The van der Waals surface area contributed by atoms with Crippen molar-refractivity contribution in [2.24, 2.45) is 0 Å². The van der Waals surface area contributed by atoms with Gasteiger partial charge in [-0.25, -0.2) is 0 Å². The van der Waals surface area contributed by atoms with E-state index in [0.717, 1.165) is 43.1 Å². The van der Waals surface area contributed by atoms with E-state index in [-0.39, 0.29) is 6.04 Å². The monoisotopic (exact) mass is 294 g/mol. The van der Waals surface area contributed by atoms with Gasteiger partial charge in [0.15, 0.2) is 0 Å². The molecule has 2 unspecified atom stereocenters. The van der Waals surface area contributed by atoms with Gasteiger partial charge in [0.1, 0.15) is 11.5 Å². The molecule has 0 radical (unpaired) electrons. The molecule has 5 nitrogen and oxygen atoms in total. The van der Waals surface area contributed by atoms with Crippen LogP contribution in [0, 0.1) is 0 Å². The first-order valence-corrected chi connectivity index (χ1v) is 7.36. The second-order valence-corrected chi connectivity index (χ2v) is 5.36. The molecule has 1 fully saturated rings. The highest BCUT2D eigenvalue weighted by molar-refractivity contribution is 5.42. The Bertz CT molecular complexity index is 453. The van der Waals surface area contributed by atoms with Crippen molar-refractivity contribution in [3.8, 4) is 11.5 Å². The second-order valence-electron chi connectivity index (χ2n) is 5.36. The van der Waals surface area contributed by atoms with Crippen molar-refractivity contribution in [1.82, 2.24) is 10.2 Å². The molecule has 21 heavy (non-hydrogen) atoms. The minimum atomic E-state index is 0.200. The molecular weight excluding hydrogens is 268 g/mol. The number of methoxy groups -OCH3 is 3. The molecule has 5 heteroatoms. The normalized spacial score (nSPS) is 20.5. The molecular formula is C16H26N2O3. The first kappa shape index (κ1) is 16.1. The highest BCUT2D eigenvalue weighted by Gasteiger charge is 2.25. The Kier molecular flexibility index (Phi) is 5.85. The van der Waals surface area contributed by atoms with Crippen molar-refractivity contribution in [3.63, 3.8) is 0 Å². The third-order valence-corrected chi connectivity index (χ3v) is 4.16. The summed E-state index contributed by atoms with van der Waals surface area (Å²) in [6, 6.07) is 6.13. The van der Waals surface area contributed by atoms with E-state index in [1.165, 1.54) is 0 Å². The zero-order chi connectivity index (χ0) is 15.2. The molecule has 1 saturated heterocycles. The highest BCUT2D eigenvalue weighted by Crippen LogP contribution is 2.30. The van der Waals surface area contributed by atoms with Crippen molar-refractivity contribution in [2.75, 3.05) is 48.0 Å². The third-order valence-electron chi connectivity index (χ3n) is 4.16. The van der Waals surface area contributed by atoms with Crippen LogP contribution in [-0.2, 0) is 4.74 Å². The zero-order valence-corrected chi connectivity index (χ0v) is 13.4. The molecule has 0 saturated carbocycles. The number of nitrogens with zero attached hydrogens (tertiary/aromatic N) is 1. The summed E-state index contributed by atoms with van der Waals surface area (Å²) < 4.78 is 16.3. The highest BCUT2D eigenvalue weighted by atomic mass is 16.5. The quantitative estimate of drug-likeness (QED) is 0.829. The Balaban J connectivity index is 2.13. The minimum absolute atomic E-state index is 0.200. The fraction of sp³-hybridized carbons (Fsp3) is 0.625. The predicted octanol–water partition coefficient (Wildman–Crippen LogP) is 1.68. The van der Waals surface area contributed by atoms with E-state index < -0.39 is 0 Å². The van der Waals surface area contributed by atoms with Crippen LogP contribution < -0.4 is 14.8 Å². The van der Waals surface area contributed by atoms with E-state index in [2.05, 4.69) is 10.2 Å². The number of hydrogen-bond donors (Lipinski definition) is 1. The molecule has 1 heterocycles. The zero-order valence-electron chi connectivity index (χ0n) is 13.4. The van der Waals surface area contributed by atoms with Gasteiger partial charge in [-0.1, -0.05) is 0 Å². The maximum atomic E-state index is 5.50. The van der Waals surface area contributed by atoms with E-state index in [1.807, 2.05) is 25.2 Å². The molecule has 0 bridgehead atoms. The van der Waals surface area contributed by atoms with Crippen molar-refractivity contribution in [2.45, 2.75) is 18.6 Å². The maximum absolute atomic E-state index is 5.50. The van der Waals surface area contributed by atoms with Gasteiger partial charge in [0.2, 0.25) is 0 Å². The number of ether oxygens (including phenoxy) is 3. The Hall–Kier alpha value is -1.30. The first-order chi connectivity index (χ1) is 10.2. The Labute approximate surface area is 127 Å². The number of nitrogens with one attached hydrogen (secondary N) is 1. The van der Waals surface area contributed by atoms with E-state index >= 15 is 0 Å². The average molecular weight is 294 g/mol. The maximum Gasteiger partial charge on any atom is 0.123 e. The summed E-state index contributed by atoms with van der Waals surface area (Å²) in [6.45, 7) is 2.99. The second kappa shape index (κ2) is 7.64. The van der Waals surface area contributed by atoms with Crippen LogP contribution in [0.4, 0.5) is 0 Å². The molecule has 1 aromatic rings. The molecule has 0 spiro atoms. The standard InChI is InChI=1S/C16H26N2O3/c1-17-15(11-18-8-7-13(10-18)20-3)14-9-12(19-2)5-6-16(14)21-4/h5-6,9,13,15,17H,7-8,10-11H2,1-4H3. The summed E-state index contributed by atoms with van der Waals surface area (Å²) in [5.41, 5.74) is 1.13. The van der Waals surface area contributed by atoms with Crippen LogP contribution >= 0.6 is 0 Å². The third kappa shape index (κ3) is 3.87. The molecule has 118 valence electrons. The molecule has 2 atom stereocenters. The molecule has 0 aromatic heterocycles. The molecule has 1 aliphatic rings. The van der Waals surface area contributed by atoms with Crippen LogP contribution in [0.25, 0.3) is 0 Å². The van der Waals surface area contributed by atoms with Crippen molar-refractivity contribution in [1.29, 1.82) is 0 Å². The lowest BCUT2D eigenvalue weighted by molar-refractivity contribution is 0.107. The van der Waals surface area contributed by atoms with Gasteiger partial charge >= 0.3 is 0 Å². The summed E-state index contributed by atoms with van der Waals surface area (Å²) in [6.07, 6.45) is 1.46. The van der Waals surface area contributed by atoms with Crippen LogP contribution in [0.15, 0.2) is 18.2 Å². The topological polar surface area (TPSA) is 43.0 Å². The van der Waals surface area contributed by atoms with Gasteiger partial charge in [-0.3, -0.25) is 4.90 Å². The van der Waals surface area contributed by atoms with Crippen LogP contribution in [0.2, 0.25) is 0 Å². The fourth-order valence-corrected chi connectivity index (χ4v) is 2.87. The van der Waals surface area contributed by atoms with E-state index in [9.17, 15) is 0 Å². The Morgan fingerprint density at radius 2 is 2.10 bits per heavy atom. The molecule has 0 amide bonds. The molecule has 2 rings (SSSR count). The smallest absolute Gasteiger partial charge is 0.123 e. The van der Waals surface area contributed by atoms with Crippen LogP contribution in [0.5, 0.6) is 11.5 Å². The lowest BCUT2D eigenvalue weighted by Gasteiger charge is -2.25. The Morgan fingerprint density at radius 1 is 1.29 bits per heavy atom. The lowest BCUT2D eigenvalue weighted by atomic mass is 10.0. The predicted molar refractivity (Wildman–Crippen MR) is 83.2 cm³/mol. The lowest BCUT2D eigenvalue weighted by Crippen LogP contribution is -2.33. The van der Waals surface area contributed by atoms with Crippen molar-refractivity contribution in [3.05, 3.63) is 23.8 Å². The van der Waals surface area contributed by atoms with Crippen molar-refractivity contribution < 1.29 is 14.2 Å². The molecule has 1 aromatic carbocycles. The van der Waals surface area contributed by atoms with Crippen LogP contribution in [0.3, 0.4) is 0 Å². The van der Waals surface area contributed by atoms with Gasteiger partial charge < -0.3 is 19.5 Å². The largest absolute Gasteiger partial charge is 0.497 e. The van der Waals surface area contributed by atoms with Gasteiger partial charge in [-0.05, 0) is 31.7 Å². The summed E-state index contributed by atoms with van der Waals surface area (Å²) in [4.78, 5) is 2.42. The van der Waals surface area contributed by atoms with Crippen molar-refractivity contribution >= 4 is 0 Å². The van der Waals surface area contributed by atoms with Gasteiger partial charge in [0, 0.05) is 38.3 Å². The number of benzene rings is 1. The summed E-state index contributed by atoms with van der Waals surface area (Å²) in [7, 11) is 7.15. The Morgan fingerprint density at radius 3 is 2.67 bits per heavy atom. The number of rotatable bonds is 7. The fourth-order valence-electron chi connectivity index (χ4n) is 2.87. The first-order valence-electron chi connectivity index (χ1n) is 7.36. The molecule has 1 aliphatic heterocycles. The summed E-state index contributed by atoms with van der Waals surface area (Å²) in [5.74, 6) is 1.74. The molecule has 1 N–H and O–H groups in total. The van der Waals surface area contributed by atoms with E-state index in [4.69, 9.17) is 14.2 Å². The van der Waals surface area contributed by atoms with Gasteiger partial charge in [-0.15, -0.1) is 0 Å². The minimum Gasteiger partial charge on any atom is -0.497 e. The van der Waals surface area contributed by atoms with Crippen LogP contribution in [-0.4, -0.2) is 59.0 Å². The summed E-state index contributed by atoms with van der Waals surface area (Å²) >= 11 is 0. The average Bonchev–Trinajstić information content (AvgIpc) is 2.99. The number of hydrogen-bond acceptors (Lipinski definition) is 5. The number of likely N-dealkylation sites (N-methyl/N-ethyl adjacent to an activating group) is 1. The van der Waals surface area contributed by atoms with Crippen LogP contribution in [0.1, 0.15) is 18.0 Å². The SMILES string of the molecule is CNC(CN1CCC(OC)C1)c1cc(OC)ccc1OC. The number of likely N-dealkylation sites (tertiary alicyclic amines) is 1.